The number of rotatable bonds is 4. The molecule has 110 valence electrons. The van der Waals surface area contributed by atoms with Crippen LogP contribution in [-0.4, -0.2) is 30.1 Å². The van der Waals surface area contributed by atoms with Crippen molar-refractivity contribution >= 4 is 21.8 Å². The van der Waals surface area contributed by atoms with Crippen molar-refractivity contribution in [2.45, 2.75) is 38.6 Å². The Bertz CT molecular complexity index is 501. The molecule has 0 unspecified atom stereocenters. The third kappa shape index (κ3) is 3.09. The lowest BCUT2D eigenvalue weighted by Gasteiger charge is -2.34. The number of carbonyl (C=O) groups excluding carboxylic acids is 1. The number of aromatic nitrogens is 1. The van der Waals surface area contributed by atoms with Crippen LogP contribution in [0, 0.1) is 5.41 Å². The summed E-state index contributed by atoms with van der Waals surface area (Å²) in [5, 5.41) is 6.51. The average molecular weight is 340 g/mol. The molecule has 5 heteroatoms. The smallest absolute Gasteiger partial charge is 0.267 e. The largest absolute Gasteiger partial charge is 0.350 e. The van der Waals surface area contributed by atoms with E-state index in [1.54, 1.807) is 0 Å². The molecule has 0 aromatic carbocycles. The summed E-state index contributed by atoms with van der Waals surface area (Å²) < 4.78 is 3.10. The Morgan fingerprint density at radius 3 is 2.85 bits per heavy atom. The van der Waals surface area contributed by atoms with Gasteiger partial charge in [-0.15, -0.1) is 0 Å². The number of carbonyl (C=O) groups is 1. The Balaban J connectivity index is 1.64. The molecule has 3 rings (SSSR count). The van der Waals surface area contributed by atoms with E-state index in [2.05, 4.69) is 38.1 Å². The molecule has 0 radical (unpaired) electrons. The van der Waals surface area contributed by atoms with Crippen LogP contribution < -0.4 is 10.6 Å². The SMILES string of the molecule is CC1(CNC(=O)c2cc(Br)cn2C2CC2)CCNCC1. The van der Waals surface area contributed by atoms with Crippen LogP contribution in [-0.2, 0) is 0 Å². The van der Waals surface area contributed by atoms with E-state index in [4.69, 9.17) is 0 Å². The van der Waals surface area contributed by atoms with E-state index in [1.807, 2.05) is 12.3 Å². The van der Waals surface area contributed by atoms with Gasteiger partial charge in [0.25, 0.3) is 5.91 Å². The van der Waals surface area contributed by atoms with Crippen LogP contribution in [0.25, 0.3) is 0 Å². The summed E-state index contributed by atoms with van der Waals surface area (Å²) >= 11 is 3.48. The van der Waals surface area contributed by atoms with Gasteiger partial charge in [-0.2, -0.15) is 0 Å². The topological polar surface area (TPSA) is 46.1 Å². The number of nitrogens with zero attached hydrogens (tertiary/aromatic N) is 1. The molecule has 1 saturated heterocycles. The van der Waals surface area contributed by atoms with Gasteiger partial charge >= 0.3 is 0 Å². The predicted molar refractivity (Wildman–Crippen MR) is 82.9 cm³/mol. The lowest BCUT2D eigenvalue weighted by atomic mass is 9.81. The van der Waals surface area contributed by atoms with Gasteiger partial charge in [0.2, 0.25) is 0 Å². The first-order valence-electron chi connectivity index (χ1n) is 7.44. The summed E-state index contributed by atoms with van der Waals surface area (Å²) in [7, 11) is 0. The maximum atomic E-state index is 12.4. The lowest BCUT2D eigenvalue weighted by Crippen LogP contribution is -2.43. The molecule has 0 spiro atoms. The van der Waals surface area contributed by atoms with E-state index in [1.165, 1.54) is 12.8 Å². The van der Waals surface area contributed by atoms with E-state index in [9.17, 15) is 4.79 Å². The summed E-state index contributed by atoms with van der Waals surface area (Å²) in [6, 6.07) is 2.45. The molecule has 2 fully saturated rings. The van der Waals surface area contributed by atoms with Gasteiger partial charge in [0.1, 0.15) is 5.69 Å². The van der Waals surface area contributed by atoms with Crippen molar-refractivity contribution in [1.29, 1.82) is 0 Å². The zero-order chi connectivity index (χ0) is 14.2. The highest BCUT2D eigenvalue weighted by Crippen LogP contribution is 2.37. The number of hydrogen-bond acceptors (Lipinski definition) is 2. The van der Waals surface area contributed by atoms with E-state index in [0.29, 0.717) is 6.04 Å². The molecule has 1 aromatic heterocycles. The highest BCUT2D eigenvalue weighted by atomic mass is 79.9. The first kappa shape index (κ1) is 14.1. The van der Waals surface area contributed by atoms with Crippen molar-refractivity contribution in [2.24, 2.45) is 5.41 Å². The molecular weight excluding hydrogens is 318 g/mol. The maximum absolute atomic E-state index is 12.4. The molecule has 4 nitrogen and oxygen atoms in total. The van der Waals surface area contributed by atoms with Crippen LogP contribution in [0.1, 0.15) is 49.1 Å². The zero-order valence-electron chi connectivity index (χ0n) is 11.9. The third-order valence-electron chi connectivity index (χ3n) is 4.47. The molecular formula is C15H22BrN3O. The molecule has 1 amide bonds. The van der Waals surface area contributed by atoms with Crippen molar-refractivity contribution in [1.82, 2.24) is 15.2 Å². The summed E-state index contributed by atoms with van der Waals surface area (Å²) in [5.74, 6) is 0.0577. The predicted octanol–water partition coefficient (Wildman–Crippen LogP) is 2.71. The molecule has 1 aliphatic heterocycles. The van der Waals surface area contributed by atoms with Crippen molar-refractivity contribution in [2.75, 3.05) is 19.6 Å². The van der Waals surface area contributed by atoms with Crippen molar-refractivity contribution < 1.29 is 4.79 Å². The van der Waals surface area contributed by atoms with E-state index in [0.717, 1.165) is 42.6 Å². The Morgan fingerprint density at radius 2 is 2.20 bits per heavy atom. The molecule has 2 N–H and O–H groups in total. The standard InChI is InChI=1S/C15H22BrN3O/c1-15(4-6-17-7-5-15)10-18-14(20)13-8-11(16)9-19(13)12-2-3-12/h8-9,12,17H,2-7,10H2,1H3,(H,18,20). The summed E-state index contributed by atoms with van der Waals surface area (Å²) in [4.78, 5) is 12.4. The minimum absolute atomic E-state index is 0.0577. The van der Waals surface area contributed by atoms with Crippen molar-refractivity contribution in [3.8, 4) is 0 Å². The van der Waals surface area contributed by atoms with Gasteiger partial charge in [-0.05, 0) is 66.2 Å². The quantitative estimate of drug-likeness (QED) is 0.885. The summed E-state index contributed by atoms with van der Waals surface area (Å²) in [5.41, 5.74) is 1.02. The monoisotopic (exact) mass is 339 g/mol. The molecule has 1 saturated carbocycles. The number of piperidine rings is 1. The second-order valence-corrected chi connectivity index (χ2v) is 7.34. The molecule has 1 aliphatic carbocycles. The highest BCUT2D eigenvalue weighted by molar-refractivity contribution is 9.10. The molecule has 2 aliphatic rings. The lowest BCUT2D eigenvalue weighted by molar-refractivity contribution is 0.0912. The number of amides is 1. The number of hydrogen-bond donors (Lipinski definition) is 2. The second kappa shape index (κ2) is 5.53. The van der Waals surface area contributed by atoms with Gasteiger partial charge in [0.15, 0.2) is 0 Å². The summed E-state index contributed by atoms with van der Waals surface area (Å²) in [6.07, 6.45) is 6.65. The van der Waals surface area contributed by atoms with Crippen LogP contribution in [0.4, 0.5) is 0 Å². The molecule has 1 aromatic rings. The first-order valence-corrected chi connectivity index (χ1v) is 8.23. The minimum Gasteiger partial charge on any atom is -0.350 e. The second-order valence-electron chi connectivity index (χ2n) is 6.43. The van der Waals surface area contributed by atoms with Crippen LogP contribution in [0.2, 0.25) is 0 Å². The van der Waals surface area contributed by atoms with Crippen LogP contribution in [0.3, 0.4) is 0 Å². The number of nitrogens with one attached hydrogen (secondary N) is 2. The van der Waals surface area contributed by atoms with Gasteiger partial charge in [0, 0.05) is 23.3 Å². The van der Waals surface area contributed by atoms with Gasteiger partial charge in [-0.25, -0.2) is 0 Å². The fourth-order valence-electron chi connectivity index (χ4n) is 2.87. The van der Waals surface area contributed by atoms with Crippen molar-refractivity contribution in [3.05, 3.63) is 22.4 Å². The fourth-order valence-corrected chi connectivity index (χ4v) is 3.31. The molecule has 20 heavy (non-hydrogen) atoms. The Morgan fingerprint density at radius 1 is 1.50 bits per heavy atom. The maximum Gasteiger partial charge on any atom is 0.267 e. The van der Waals surface area contributed by atoms with Crippen LogP contribution in [0.5, 0.6) is 0 Å². The highest BCUT2D eigenvalue weighted by Gasteiger charge is 2.30. The zero-order valence-corrected chi connectivity index (χ0v) is 13.5. The van der Waals surface area contributed by atoms with E-state index < -0.39 is 0 Å². The fraction of sp³-hybridized carbons (Fsp3) is 0.667. The third-order valence-corrected chi connectivity index (χ3v) is 4.91. The van der Waals surface area contributed by atoms with E-state index in [-0.39, 0.29) is 11.3 Å². The van der Waals surface area contributed by atoms with Gasteiger partial charge in [-0.3, -0.25) is 4.79 Å². The van der Waals surface area contributed by atoms with E-state index >= 15 is 0 Å². The van der Waals surface area contributed by atoms with Gasteiger partial charge in [0.05, 0.1) is 0 Å². The number of halogens is 1. The Hall–Kier alpha value is -0.810. The van der Waals surface area contributed by atoms with Gasteiger partial charge < -0.3 is 15.2 Å². The normalized spacial score (nSPS) is 21.7. The molecule has 2 heterocycles. The Labute approximate surface area is 128 Å². The average Bonchev–Trinajstić information content (AvgIpc) is 3.20. The van der Waals surface area contributed by atoms with Crippen molar-refractivity contribution in [3.63, 3.8) is 0 Å². The molecule has 0 bridgehead atoms. The summed E-state index contributed by atoms with van der Waals surface area (Å²) in [6.45, 7) is 5.14. The van der Waals surface area contributed by atoms with Crippen LogP contribution >= 0.6 is 15.9 Å². The van der Waals surface area contributed by atoms with Crippen LogP contribution in [0.15, 0.2) is 16.7 Å². The Kier molecular flexibility index (Phi) is 3.91. The van der Waals surface area contributed by atoms with Gasteiger partial charge in [-0.1, -0.05) is 6.92 Å². The molecule has 0 atom stereocenters. The minimum atomic E-state index is 0.0577. The first-order chi connectivity index (χ1) is 9.57.